The summed E-state index contributed by atoms with van der Waals surface area (Å²) in [5.74, 6) is 3.19. The van der Waals surface area contributed by atoms with Crippen LogP contribution in [0.2, 0.25) is 0 Å². The molecule has 1 aliphatic rings. The lowest BCUT2D eigenvalue weighted by Gasteiger charge is -2.15. The summed E-state index contributed by atoms with van der Waals surface area (Å²) in [6.45, 7) is 1.53. The van der Waals surface area contributed by atoms with Crippen LogP contribution in [-0.2, 0) is 9.53 Å². The van der Waals surface area contributed by atoms with E-state index in [9.17, 15) is 4.79 Å². The van der Waals surface area contributed by atoms with E-state index in [1.165, 1.54) is 6.92 Å². The number of Topliss-reactive ketones (excluding diaryl/α,β-unsaturated/α-hetero) is 1. The Kier molecular flexibility index (Phi) is 2.92. The summed E-state index contributed by atoms with van der Waals surface area (Å²) in [5, 5.41) is 0. The maximum Gasteiger partial charge on any atom is 0.157 e. The van der Waals surface area contributed by atoms with Crippen molar-refractivity contribution in [1.82, 2.24) is 0 Å². The molecule has 2 nitrogen and oxygen atoms in total. The summed E-state index contributed by atoms with van der Waals surface area (Å²) in [5.41, 5.74) is 1.32. The minimum Gasteiger partial charge on any atom is -0.496 e. The lowest BCUT2D eigenvalue weighted by atomic mass is 9.94. The minimum absolute atomic E-state index is 0.0376. The summed E-state index contributed by atoms with van der Waals surface area (Å²) >= 11 is 0. The van der Waals surface area contributed by atoms with Crippen LogP contribution in [0.15, 0.2) is 23.0 Å². The number of carbonyl (C=O) groups excluding carboxylic acids is 1. The Bertz CT molecular complexity index is 326. The number of rotatable bonds is 2. The third-order valence-electron chi connectivity index (χ3n) is 2.06. The highest BCUT2D eigenvalue weighted by Gasteiger charge is 2.17. The first-order valence-corrected chi connectivity index (χ1v) is 4.16. The van der Waals surface area contributed by atoms with Crippen LogP contribution in [0, 0.1) is 12.3 Å². The average molecular weight is 176 g/mol. The van der Waals surface area contributed by atoms with Gasteiger partial charge in [0.05, 0.1) is 12.7 Å². The molecule has 2 heteroatoms. The number of terminal acetylenes is 1. The highest BCUT2D eigenvalue weighted by molar-refractivity contribution is 5.96. The van der Waals surface area contributed by atoms with Crippen molar-refractivity contribution in [2.24, 2.45) is 0 Å². The Hall–Kier alpha value is -1.49. The number of ether oxygens (including phenoxy) is 1. The molecule has 0 saturated carbocycles. The van der Waals surface area contributed by atoms with E-state index in [-0.39, 0.29) is 5.78 Å². The first-order valence-electron chi connectivity index (χ1n) is 4.16. The van der Waals surface area contributed by atoms with Crippen molar-refractivity contribution in [1.29, 1.82) is 0 Å². The average Bonchev–Trinajstić information content (AvgIpc) is 2.16. The molecule has 0 spiro atoms. The molecule has 0 fully saturated rings. The molecule has 0 aromatic rings. The fraction of sp³-hybridized carbons (Fsp3) is 0.364. The zero-order chi connectivity index (χ0) is 9.84. The molecule has 0 radical (unpaired) electrons. The molecule has 13 heavy (non-hydrogen) atoms. The van der Waals surface area contributed by atoms with Gasteiger partial charge in [0.15, 0.2) is 5.78 Å². The van der Waals surface area contributed by atoms with Gasteiger partial charge in [-0.2, -0.15) is 0 Å². The van der Waals surface area contributed by atoms with Crippen molar-refractivity contribution in [2.45, 2.75) is 19.8 Å². The van der Waals surface area contributed by atoms with Crippen molar-refractivity contribution in [3.63, 3.8) is 0 Å². The van der Waals surface area contributed by atoms with Crippen LogP contribution in [0.3, 0.4) is 0 Å². The van der Waals surface area contributed by atoms with E-state index < -0.39 is 0 Å². The second kappa shape index (κ2) is 3.95. The predicted molar refractivity (Wildman–Crippen MR) is 50.9 cm³/mol. The lowest BCUT2D eigenvalue weighted by Crippen LogP contribution is -2.07. The summed E-state index contributed by atoms with van der Waals surface area (Å²) in [7, 11) is 1.56. The molecule has 0 N–H and O–H groups in total. The standard InChI is InChI=1S/C11H12O2/c1-4-9-10(8(2)12)6-5-7-11(9)13-3/h1,7H,5-6H2,2-3H3. The van der Waals surface area contributed by atoms with Crippen molar-refractivity contribution >= 4 is 5.78 Å². The van der Waals surface area contributed by atoms with Crippen LogP contribution in [0.4, 0.5) is 0 Å². The smallest absolute Gasteiger partial charge is 0.157 e. The van der Waals surface area contributed by atoms with E-state index >= 15 is 0 Å². The van der Waals surface area contributed by atoms with Crippen LogP contribution < -0.4 is 0 Å². The van der Waals surface area contributed by atoms with Gasteiger partial charge in [0.2, 0.25) is 0 Å². The normalized spacial score (nSPS) is 16.2. The number of methoxy groups -OCH3 is 1. The summed E-state index contributed by atoms with van der Waals surface area (Å²) < 4.78 is 5.08. The van der Waals surface area contributed by atoms with Crippen LogP contribution in [0.25, 0.3) is 0 Å². The Labute approximate surface area is 78.3 Å². The lowest BCUT2D eigenvalue weighted by molar-refractivity contribution is -0.113. The molecular formula is C11H12O2. The molecule has 0 heterocycles. The third kappa shape index (κ3) is 1.81. The van der Waals surface area contributed by atoms with Crippen LogP contribution >= 0.6 is 0 Å². The molecule has 0 aromatic carbocycles. The molecule has 0 atom stereocenters. The van der Waals surface area contributed by atoms with Gasteiger partial charge in [-0.25, -0.2) is 0 Å². The number of hydrogen-bond donors (Lipinski definition) is 0. The highest BCUT2D eigenvalue weighted by Crippen LogP contribution is 2.25. The molecular weight excluding hydrogens is 164 g/mol. The van der Waals surface area contributed by atoms with Gasteiger partial charge in [-0.05, 0) is 25.8 Å². The summed E-state index contributed by atoms with van der Waals surface area (Å²) in [6, 6.07) is 0. The van der Waals surface area contributed by atoms with E-state index in [0.29, 0.717) is 16.9 Å². The molecule has 0 amide bonds. The Morgan fingerprint density at radius 1 is 1.69 bits per heavy atom. The number of carbonyl (C=O) groups is 1. The maximum absolute atomic E-state index is 11.2. The Balaban J connectivity index is 3.14. The molecule has 1 rings (SSSR count). The van der Waals surface area contributed by atoms with Gasteiger partial charge in [-0.3, -0.25) is 4.79 Å². The number of allylic oxidation sites excluding steroid dienone is 3. The van der Waals surface area contributed by atoms with Crippen molar-refractivity contribution in [3.8, 4) is 12.3 Å². The van der Waals surface area contributed by atoms with Gasteiger partial charge in [-0.15, -0.1) is 6.42 Å². The molecule has 0 saturated heterocycles. The van der Waals surface area contributed by atoms with Gasteiger partial charge in [0, 0.05) is 5.57 Å². The van der Waals surface area contributed by atoms with E-state index in [2.05, 4.69) is 5.92 Å². The van der Waals surface area contributed by atoms with Crippen molar-refractivity contribution in [2.75, 3.05) is 7.11 Å². The molecule has 0 unspecified atom stereocenters. The Morgan fingerprint density at radius 3 is 2.85 bits per heavy atom. The fourth-order valence-corrected chi connectivity index (χ4v) is 1.42. The third-order valence-corrected chi connectivity index (χ3v) is 2.06. The van der Waals surface area contributed by atoms with Crippen LogP contribution in [0.5, 0.6) is 0 Å². The van der Waals surface area contributed by atoms with E-state index in [1.807, 2.05) is 6.08 Å². The summed E-state index contributed by atoms with van der Waals surface area (Å²) in [6.07, 6.45) is 8.78. The molecule has 68 valence electrons. The predicted octanol–water partition coefficient (Wildman–Crippen LogP) is 1.83. The molecule has 0 bridgehead atoms. The molecule has 0 aromatic heterocycles. The van der Waals surface area contributed by atoms with Crippen molar-refractivity contribution in [3.05, 3.63) is 23.0 Å². The zero-order valence-corrected chi connectivity index (χ0v) is 7.89. The summed E-state index contributed by atoms with van der Waals surface area (Å²) in [4.78, 5) is 11.2. The Morgan fingerprint density at radius 2 is 2.38 bits per heavy atom. The quantitative estimate of drug-likeness (QED) is 0.600. The van der Waals surface area contributed by atoms with E-state index in [0.717, 1.165) is 12.8 Å². The van der Waals surface area contributed by atoms with Gasteiger partial charge in [-0.1, -0.05) is 5.92 Å². The van der Waals surface area contributed by atoms with Crippen LogP contribution in [-0.4, -0.2) is 12.9 Å². The number of hydrogen-bond acceptors (Lipinski definition) is 2. The van der Waals surface area contributed by atoms with Gasteiger partial charge in [0.1, 0.15) is 5.76 Å². The highest BCUT2D eigenvalue weighted by atomic mass is 16.5. The SMILES string of the molecule is C#CC1=C(C(C)=O)CCC=C1OC. The maximum atomic E-state index is 11.2. The minimum atomic E-state index is 0.0376. The van der Waals surface area contributed by atoms with Gasteiger partial charge >= 0.3 is 0 Å². The van der Waals surface area contributed by atoms with Crippen LogP contribution in [0.1, 0.15) is 19.8 Å². The first kappa shape index (κ1) is 9.60. The second-order valence-corrected chi connectivity index (χ2v) is 2.87. The molecule has 1 aliphatic carbocycles. The fourth-order valence-electron chi connectivity index (χ4n) is 1.42. The van der Waals surface area contributed by atoms with Crippen molar-refractivity contribution < 1.29 is 9.53 Å². The van der Waals surface area contributed by atoms with E-state index in [4.69, 9.17) is 11.2 Å². The number of ketones is 1. The largest absolute Gasteiger partial charge is 0.496 e. The van der Waals surface area contributed by atoms with E-state index in [1.54, 1.807) is 7.11 Å². The second-order valence-electron chi connectivity index (χ2n) is 2.87. The topological polar surface area (TPSA) is 26.3 Å². The first-order chi connectivity index (χ1) is 6.20. The molecule has 0 aliphatic heterocycles. The zero-order valence-electron chi connectivity index (χ0n) is 7.89. The van der Waals surface area contributed by atoms with Gasteiger partial charge in [0.25, 0.3) is 0 Å². The van der Waals surface area contributed by atoms with Gasteiger partial charge < -0.3 is 4.74 Å². The monoisotopic (exact) mass is 176 g/mol.